The largest absolute Gasteiger partial charge is 0.352 e. The maximum Gasteiger partial charge on any atom is 0.266 e. The number of nitrogens with zero attached hydrogens (tertiary/aromatic N) is 2. The van der Waals surface area contributed by atoms with Crippen LogP contribution < -0.4 is 10.2 Å². The number of likely N-dealkylation sites (tertiary alicyclic amines) is 1. The average Bonchev–Trinajstić information content (AvgIpc) is 3.32. The lowest BCUT2D eigenvalue weighted by Crippen LogP contribution is -2.29. The Morgan fingerprint density at radius 1 is 0.931 bits per heavy atom. The topological polar surface area (TPSA) is 69.7 Å². The minimum atomic E-state index is -0.394. The van der Waals surface area contributed by atoms with E-state index in [4.69, 9.17) is 0 Å². The van der Waals surface area contributed by atoms with Crippen molar-refractivity contribution in [3.63, 3.8) is 0 Å². The third-order valence-corrected chi connectivity index (χ3v) is 5.30. The molecular weight excluding hydrogens is 390 g/mol. The molecule has 1 N–H and O–H groups in total. The van der Waals surface area contributed by atoms with Gasteiger partial charge in [-0.05, 0) is 69.2 Å². The van der Waals surface area contributed by atoms with Crippen LogP contribution in [0.2, 0.25) is 0 Å². The normalized spacial score (nSPS) is 15.9. The molecule has 0 spiro atoms. The molecule has 0 aromatic heterocycles. The second kappa shape index (κ2) is 9.20. The molecule has 0 aliphatic carbocycles. The zero-order valence-electron chi connectivity index (χ0n) is 16.1. The first kappa shape index (κ1) is 21.0. The van der Waals surface area contributed by atoms with Crippen LogP contribution in [0.3, 0.4) is 0 Å². The lowest BCUT2D eigenvalue weighted by Gasteiger charge is -2.14. The summed E-state index contributed by atoms with van der Waals surface area (Å²) in [6.07, 6.45) is 3.42. The summed E-state index contributed by atoms with van der Waals surface area (Å²) in [6.45, 7) is 3.87. The summed E-state index contributed by atoms with van der Waals surface area (Å²) in [5, 5.41) is 2.91. The van der Waals surface area contributed by atoms with Gasteiger partial charge in [0, 0.05) is 12.1 Å². The second-order valence-electron chi connectivity index (χ2n) is 7.20. The fraction of sp³-hybridized carbons (Fsp3) is 0.318. The van der Waals surface area contributed by atoms with Crippen LogP contribution in [-0.2, 0) is 0 Å². The highest BCUT2D eigenvalue weighted by molar-refractivity contribution is 6.34. The highest BCUT2D eigenvalue weighted by atomic mass is 35.5. The van der Waals surface area contributed by atoms with E-state index in [0.29, 0.717) is 23.4 Å². The molecule has 0 atom stereocenters. The minimum Gasteiger partial charge on any atom is -0.352 e. The number of anilines is 1. The zero-order chi connectivity index (χ0) is 19.5. The number of hydrogen-bond donors (Lipinski definition) is 1. The van der Waals surface area contributed by atoms with E-state index in [9.17, 15) is 14.4 Å². The molecule has 0 unspecified atom stereocenters. The van der Waals surface area contributed by atoms with Gasteiger partial charge in [0.1, 0.15) is 0 Å². The molecule has 6 nitrogen and oxygen atoms in total. The Morgan fingerprint density at radius 2 is 1.62 bits per heavy atom. The third kappa shape index (κ3) is 4.33. The molecule has 7 heteroatoms. The monoisotopic (exact) mass is 413 g/mol. The standard InChI is InChI=1S/C22H23N3O3.ClH/c26-20(23-11-6-14-24-12-4-5-13-24)16-9-10-18-19(15-16)22(28)25(21(18)27)17-7-2-1-3-8-17;/h1-3,7-10,15H,4-6,11-14H2,(H,23,26);1H. The highest BCUT2D eigenvalue weighted by Crippen LogP contribution is 2.28. The quantitative estimate of drug-likeness (QED) is 0.583. The molecule has 4 rings (SSSR count). The number of carbonyl (C=O) groups is 3. The summed E-state index contributed by atoms with van der Waals surface area (Å²) >= 11 is 0. The first-order chi connectivity index (χ1) is 13.6. The third-order valence-electron chi connectivity index (χ3n) is 5.30. The number of nitrogens with one attached hydrogen (secondary N) is 1. The summed E-state index contributed by atoms with van der Waals surface area (Å²) in [6, 6.07) is 13.5. The Bertz CT molecular complexity index is 911. The number of amides is 3. The van der Waals surface area contributed by atoms with E-state index in [0.717, 1.165) is 31.0 Å². The Kier molecular flexibility index (Phi) is 6.67. The molecule has 0 radical (unpaired) electrons. The molecule has 1 fully saturated rings. The smallest absolute Gasteiger partial charge is 0.266 e. The van der Waals surface area contributed by atoms with E-state index in [1.54, 1.807) is 36.4 Å². The molecule has 2 aromatic carbocycles. The van der Waals surface area contributed by atoms with Crippen LogP contribution in [0.1, 0.15) is 50.3 Å². The van der Waals surface area contributed by atoms with Gasteiger partial charge in [0.15, 0.2) is 0 Å². The van der Waals surface area contributed by atoms with Gasteiger partial charge in [0.05, 0.1) is 16.8 Å². The Morgan fingerprint density at radius 3 is 2.34 bits per heavy atom. The minimum absolute atomic E-state index is 0. The predicted molar refractivity (Wildman–Crippen MR) is 114 cm³/mol. The SMILES string of the molecule is Cl.O=C(NCCCN1CCCC1)c1ccc2c(c1)C(=O)N(c1ccccc1)C2=O. The van der Waals surface area contributed by atoms with Crippen molar-refractivity contribution >= 4 is 35.8 Å². The van der Waals surface area contributed by atoms with Crippen molar-refractivity contribution in [1.29, 1.82) is 0 Å². The molecule has 0 saturated carbocycles. The molecule has 2 aromatic rings. The summed E-state index contributed by atoms with van der Waals surface area (Å²) in [5.74, 6) is -0.971. The van der Waals surface area contributed by atoms with Crippen LogP contribution in [0.25, 0.3) is 0 Å². The summed E-state index contributed by atoms with van der Waals surface area (Å²) in [4.78, 5) is 41.4. The molecule has 29 heavy (non-hydrogen) atoms. The van der Waals surface area contributed by atoms with Gasteiger partial charge in [-0.2, -0.15) is 0 Å². The number of fused-ring (bicyclic) bond motifs is 1. The van der Waals surface area contributed by atoms with Crippen molar-refractivity contribution in [2.45, 2.75) is 19.3 Å². The van der Waals surface area contributed by atoms with Gasteiger partial charge < -0.3 is 10.2 Å². The summed E-state index contributed by atoms with van der Waals surface area (Å²) in [5.41, 5.74) is 1.54. The number of imide groups is 1. The fourth-order valence-electron chi connectivity index (χ4n) is 3.81. The molecule has 2 heterocycles. The van der Waals surface area contributed by atoms with E-state index < -0.39 is 5.91 Å². The maximum absolute atomic E-state index is 12.8. The Balaban J connectivity index is 0.00000240. The molecule has 152 valence electrons. The van der Waals surface area contributed by atoms with E-state index >= 15 is 0 Å². The summed E-state index contributed by atoms with van der Waals surface area (Å²) < 4.78 is 0. The lowest BCUT2D eigenvalue weighted by atomic mass is 10.1. The lowest BCUT2D eigenvalue weighted by molar-refractivity contribution is 0.0923. The predicted octanol–water partition coefficient (Wildman–Crippen LogP) is 3.12. The molecule has 3 amide bonds. The van der Waals surface area contributed by atoms with E-state index in [1.807, 2.05) is 6.07 Å². The first-order valence-electron chi connectivity index (χ1n) is 9.73. The van der Waals surface area contributed by atoms with Gasteiger partial charge >= 0.3 is 0 Å². The molecule has 0 bridgehead atoms. The maximum atomic E-state index is 12.8. The Hall–Kier alpha value is -2.70. The average molecular weight is 414 g/mol. The van der Waals surface area contributed by atoms with E-state index in [1.165, 1.54) is 18.9 Å². The summed E-state index contributed by atoms with van der Waals surface area (Å²) in [7, 11) is 0. The number of para-hydroxylation sites is 1. The molecule has 2 aliphatic heterocycles. The van der Waals surface area contributed by atoms with Gasteiger partial charge in [0.2, 0.25) is 0 Å². The molecular formula is C22H24ClN3O3. The number of hydrogen-bond acceptors (Lipinski definition) is 4. The van der Waals surface area contributed by atoms with Crippen LogP contribution in [0.5, 0.6) is 0 Å². The highest BCUT2D eigenvalue weighted by Gasteiger charge is 2.37. The van der Waals surface area contributed by atoms with Crippen molar-refractivity contribution < 1.29 is 14.4 Å². The first-order valence-corrected chi connectivity index (χ1v) is 9.73. The van der Waals surface area contributed by atoms with Crippen LogP contribution >= 0.6 is 12.4 Å². The number of benzene rings is 2. The van der Waals surface area contributed by atoms with Crippen LogP contribution in [0, 0.1) is 0 Å². The van der Waals surface area contributed by atoms with Gasteiger partial charge in [-0.25, -0.2) is 4.90 Å². The molecule has 2 aliphatic rings. The van der Waals surface area contributed by atoms with Gasteiger partial charge in [-0.1, -0.05) is 18.2 Å². The molecule has 1 saturated heterocycles. The number of halogens is 1. The van der Waals surface area contributed by atoms with Gasteiger partial charge in [0.25, 0.3) is 17.7 Å². The van der Waals surface area contributed by atoms with Crippen molar-refractivity contribution in [3.05, 3.63) is 65.2 Å². The number of carbonyl (C=O) groups excluding carboxylic acids is 3. The Labute approximate surface area is 176 Å². The van der Waals surface area contributed by atoms with E-state index in [-0.39, 0.29) is 29.8 Å². The van der Waals surface area contributed by atoms with Crippen molar-refractivity contribution in [2.24, 2.45) is 0 Å². The van der Waals surface area contributed by atoms with Gasteiger partial charge in [-0.3, -0.25) is 14.4 Å². The van der Waals surface area contributed by atoms with Crippen LogP contribution in [0.4, 0.5) is 5.69 Å². The van der Waals surface area contributed by atoms with Gasteiger partial charge in [-0.15, -0.1) is 12.4 Å². The van der Waals surface area contributed by atoms with Crippen molar-refractivity contribution in [3.8, 4) is 0 Å². The zero-order valence-corrected chi connectivity index (χ0v) is 16.9. The number of rotatable bonds is 6. The van der Waals surface area contributed by atoms with Crippen LogP contribution in [-0.4, -0.2) is 48.8 Å². The fourth-order valence-corrected chi connectivity index (χ4v) is 3.81. The van der Waals surface area contributed by atoms with Crippen molar-refractivity contribution in [1.82, 2.24) is 10.2 Å². The van der Waals surface area contributed by atoms with E-state index in [2.05, 4.69) is 10.2 Å². The van der Waals surface area contributed by atoms with Crippen molar-refractivity contribution in [2.75, 3.05) is 31.1 Å². The second-order valence-corrected chi connectivity index (χ2v) is 7.20. The van der Waals surface area contributed by atoms with Crippen LogP contribution in [0.15, 0.2) is 48.5 Å².